The van der Waals surface area contributed by atoms with E-state index in [4.69, 9.17) is 20.4 Å². The van der Waals surface area contributed by atoms with Crippen LogP contribution >= 0.6 is 0 Å². The van der Waals surface area contributed by atoms with E-state index in [1.165, 1.54) is 137 Å². The summed E-state index contributed by atoms with van der Waals surface area (Å²) in [5, 5.41) is 32.8. The fourth-order valence-electron chi connectivity index (χ4n) is 15.6. The molecule has 0 fully saturated rings. The Hall–Kier alpha value is -7.66. The maximum absolute atomic E-state index is 5.67. The highest BCUT2D eigenvalue weighted by atomic mass is 15.7. The number of nitrogens with one attached hydrogen (secondary N) is 2. The van der Waals surface area contributed by atoms with Crippen molar-refractivity contribution in [2.45, 2.75) is 205 Å². The molecule has 0 bridgehead atoms. The summed E-state index contributed by atoms with van der Waals surface area (Å²) in [5.74, 6) is -0.809. The molecule has 7 aromatic heterocycles. The van der Waals surface area contributed by atoms with Gasteiger partial charge < -0.3 is 0 Å². The van der Waals surface area contributed by atoms with Gasteiger partial charge in [-0.05, 0) is 152 Å². The molecule has 3 aromatic carbocycles. The van der Waals surface area contributed by atoms with Crippen molar-refractivity contribution in [1.82, 2.24) is 44.9 Å². The quantitative estimate of drug-likeness (QED) is 0.135. The molecule has 9 heterocycles. The van der Waals surface area contributed by atoms with Gasteiger partial charge in [-0.3, -0.25) is 15.2 Å². The van der Waals surface area contributed by atoms with Crippen molar-refractivity contribution >= 4 is 21.5 Å². The van der Waals surface area contributed by atoms with E-state index in [0.717, 1.165) is 62.8 Å². The Balaban J connectivity index is 0.000000134. The van der Waals surface area contributed by atoms with Gasteiger partial charge in [0.05, 0.1) is 40.8 Å². The molecule has 85 heavy (non-hydrogen) atoms. The first-order chi connectivity index (χ1) is 40.4. The van der Waals surface area contributed by atoms with Gasteiger partial charge in [0.15, 0.2) is 23.8 Å². The largest absolute Gasteiger partial charge is 0.583 e. The minimum absolute atomic E-state index is 0.0257. The number of nitrogens with zero attached hydrogens (tertiary/aromatic N) is 9. The minimum atomic E-state index is -0.809. The number of aromatic nitrogens is 11. The number of H-pyrrole nitrogens is 2. The molecule has 11 heteroatoms. The molecule has 4 aliphatic carbocycles. The molecule has 2 N–H and O–H groups in total. The zero-order chi connectivity index (χ0) is 59.4. The first-order valence-electron chi connectivity index (χ1n) is 31.6. The molecule has 0 saturated heterocycles. The Kier molecular flexibility index (Phi) is 12.5. The van der Waals surface area contributed by atoms with Gasteiger partial charge in [-0.1, -0.05) is 135 Å². The third-order valence-corrected chi connectivity index (χ3v) is 20.4. The lowest BCUT2D eigenvalue weighted by molar-refractivity contribution is -0.990. The molecule has 0 amide bonds. The predicted molar refractivity (Wildman–Crippen MR) is 342 cm³/mol. The monoisotopic (exact) mass is 1130 g/mol. The molecular formula is C74H86N11+3. The Morgan fingerprint density at radius 3 is 1.66 bits per heavy atom. The van der Waals surface area contributed by atoms with E-state index in [1.807, 2.05) is 12.4 Å². The maximum atomic E-state index is 5.67. The van der Waals surface area contributed by atoms with Crippen LogP contribution in [0.25, 0.3) is 66.8 Å². The van der Waals surface area contributed by atoms with Crippen LogP contribution in [0.2, 0.25) is 0 Å². The van der Waals surface area contributed by atoms with Crippen LogP contribution in [-0.4, -0.2) is 44.9 Å². The van der Waals surface area contributed by atoms with E-state index in [1.54, 1.807) is 0 Å². The summed E-state index contributed by atoms with van der Waals surface area (Å²) >= 11 is 0. The Bertz CT molecular complexity index is 4270. The van der Waals surface area contributed by atoms with E-state index < -0.39 is 5.91 Å². The summed E-state index contributed by atoms with van der Waals surface area (Å²) in [6, 6.07) is 33.3. The van der Waals surface area contributed by atoms with Crippen molar-refractivity contribution in [2.75, 3.05) is 0 Å². The maximum Gasteiger partial charge on any atom is 0.583 e. The number of benzene rings is 3. The average molecular weight is 1130 g/mol. The predicted octanol–water partition coefficient (Wildman–Crippen LogP) is 15.5. The zero-order valence-electron chi connectivity index (χ0n) is 52.7. The molecule has 2 aliphatic heterocycles. The third kappa shape index (κ3) is 8.53. The van der Waals surface area contributed by atoms with Crippen molar-refractivity contribution in [2.24, 2.45) is 0 Å². The SMILES string of the molecule is CC(C)(C)c1cc[n+](C23n4nc5c(c4-c4cc6ccccc6c([n+]42)-c2c4c(nn23)C(C)(C)CCC4)CCCC5(C)C)cc1.CC(C)(C)c1ccncc1.[CH2+]C1(C)CCCc2c(-c3cc(-c4n[nH]c5c4CCCC5(C)C)c4ccccc4c3)n[nH]c21. The lowest BCUT2D eigenvalue weighted by atomic mass is 9.75. The summed E-state index contributed by atoms with van der Waals surface area (Å²) in [4.78, 5) is 3.96. The van der Waals surface area contributed by atoms with E-state index in [0.29, 0.717) is 0 Å². The second-order valence-corrected chi connectivity index (χ2v) is 30.0. The van der Waals surface area contributed by atoms with Gasteiger partial charge in [0.1, 0.15) is 5.41 Å². The normalized spacial score (nSPS) is 20.9. The second kappa shape index (κ2) is 19.2. The van der Waals surface area contributed by atoms with Crippen molar-refractivity contribution in [3.63, 3.8) is 0 Å². The van der Waals surface area contributed by atoms with Gasteiger partial charge in [0.25, 0.3) is 5.69 Å². The smallest absolute Gasteiger partial charge is 0.281 e. The lowest BCUT2D eigenvalue weighted by Gasteiger charge is -2.29. The van der Waals surface area contributed by atoms with E-state index in [2.05, 4.69) is 234 Å². The standard InChI is InChI=1S/C37H42N6.C28H31N4.C9H13N/c1-34(2,3)24-16-20-40(21-17-24)37-41-28(29-26-14-10-18-35(4,5)32(26)38-42(29)37)22-23-12-8-9-13-25(23)30(41)31-27-15-11-19-36(6,7)33(27)39-43(31)37;1-27(2)13-7-11-20-23(29-31-25(20)27)18-15-17-9-5-6-10-19(17)22(16-18)24-21-12-8-14-28(3,4)26(21)32-30-24;1-9(2,3)8-4-6-10-7-5-8/h8-9,12-13,16-17,20-22H,10-11,14-15,18-19H2,1-7H3;5-6,9-10,15-16H,1,7-8,11-14H2,2-4H3,(H,29,31)(H,30,32);4-7H,1-3H3/q+2;+1;. The Morgan fingerprint density at radius 2 is 1.04 bits per heavy atom. The zero-order valence-corrected chi connectivity index (χ0v) is 52.7. The number of aromatic amines is 2. The number of pyridine rings is 3. The summed E-state index contributed by atoms with van der Waals surface area (Å²) < 4.78 is 9.70. The summed E-state index contributed by atoms with van der Waals surface area (Å²) in [6.07, 6.45) is 21.8. The lowest BCUT2D eigenvalue weighted by Crippen LogP contribution is -2.77. The molecule has 0 saturated carbocycles. The molecule has 16 rings (SSSR count). The molecule has 2 unspecified atom stereocenters. The van der Waals surface area contributed by atoms with Gasteiger partial charge in [0.2, 0.25) is 5.69 Å². The molecule has 0 spiro atoms. The van der Waals surface area contributed by atoms with E-state index in [-0.39, 0.29) is 32.5 Å². The number of hydrogen-bond donors (Lipinski definition) is 2. The van der Waals surface area contributed by atoms with Crippen LogP contribution in [0.5, 0.6) is 0 Å². The summed E-state index contributed by atoms with van der Waals surface area (Å²) in [6.45, 7) is 34.3. The number of hydrogen-bond acceptors (Lipinski definition) is 5. The summed E-state index contributed by atoms with van der Waals surface area (Å²) in [5.41, 5.74) is 23.3. The number of fused-ring (bicyclic) bond motifs is 15. The van der Waals surface area contributed by atoms with Crippen LogP contribution in [0, 0.1) is 6.92 Å². The van der Waals surface area contributed by atoms with Gasteiger partial charge >= 0.3 is 5.91 Å². The average Bonchev–Trinajstić information content (AvgIpc) is 1.68. The second-order valence-electron chi connectivity index (χ2n) is 30.0. The van der Waals surface area contributed by atoms with Crippen LogP contribution < -0.4 is 9.13 Å². The fourth-order valence-corrected chi connectivity index (χ4v) is 15.6. The van der Waals surface area contributed by atoms with E-state index >= 15 is 0 Å². The Labute approximate surface area is 502 Å². The van der Waals surface area contributed by atoms with Crippen molar-refractivity contribution < 1.29 is 9.13 Å². The molecule has 434 valence electrons. The fraction of sp³-hybridized carbons (Fsp3) is 0.432. The molecule has 0 radical (unpaired) electrons. The molecule has 10 aromatic rings. The van der Waals surface area contributed by atoms with Crippen molar-refractivity contribution in [3.8, 4) is 45.3 Å². The summed E-state index contributed by atoms with van der Waals surface area (Å²) in [7, 11) is 0. The topological polar surface area (TPSA) is 114 Å². The molecule has 11 nitrogen and oxygen atoms in total. The van der Waals surface area contributed by atoms with E-state index in [9.17, 15) is 0 Å². The highest BCUT2D eigenvalue weighted by Gasteiger charge is 2.73. The van der Waals surface area contributed by atoms with Crippen LogP contribution in [-0.2, 0) is 64.1 Å². The first kappa shape index (κ1) is 55.2. The van der Waals surface area contributed by atoms with Crippen LogP contribution in [0.3, 0.4) is 0 Å². The Morgan fingerprint density at radius 1 is 0.529 bits per heavy atom. The van der Waals surface area contributed by atoms with Crippen LogP contribution in [0.4, 0.5) is 0 Å². The van der Waals surface area contributed by atoms with Gasteiger partial charge in [-0.2, -0.15) is 20.4 Å². The molecular weight excluding hydrogens is 1040 g/mol. The molecule has 2 atom stereocenters. The highest BCUT2D eigenvalue weighted by Crippen LogP contribution is 2.52. The number of rotatable bonds is 3. The van der Waals surface area contributed by atoms with Gasteiger partial charge in [0, 0.05) is 85.9 Å². The molecule has 6 aliphatic rings. The van der Waals surface area contributed by atoms with Crippen molar-refractivity contribution in [3.05, 3.63) is 179 Å². The highest BCUT2D eigenvalue weighted by molar-refractivity contribution is 6.00. The van der Waals surface area contributed by atoms with Gasteiger partial charge in [-0.25, -0.2) is 0 Å². The van der Waals surface area contributed by atoms with Crippen molar-refractivity contribution in [1.29, 1.82) is 0 Å². The van der Waals surface area contributed by atoms with Gasteiger partial charge in [-0.15, -0.1) is 9.36 Å². The minimum Gasteiger partial charge on any atom is -0.281 e. The third-order valence-electron chi connectivity index (χ3n) is 20.4. The van der Waals surface area contributed by atoms with Crippen LogP contribution in [0.1, 0.15) is 198 Å². The first-order valence-corrected chi connectivity index (χ1v) is 31.6. The van der Waals surface area contributed by atoms with Crippen LogP contribution in [0.15, 0.2) is 116 Å².